The third kappa shape index (κ3) is 2.44. The van der Waals surface area contributed by atoms with Crippen molar-refractivity contribution in [3.8, 4) is 0 Å². The molecule has 0 aromatic heterocycles. The first-order valence-corrected chi connectivity index (χ1v) is 5.66. The van der Waals surface area contributed by atoms with Crippen molar-refractivity contribution in [2.45, 2.75) is 27.2 Å². The number of benzene rings is 1. The molecule has 2 heteroatoms. The van der Waals surface area contributed by atoms with Crippen molar-refractivity contribution in [3.63, 3.8) is 0 Å². The molecule has 0 spiro atoms. The SMILES string of the molecule is CCC(C)C(=O)c1cc(Br)ccc1C. The summed E-state index contributed by atoms with van der Waals surface area (Å²) in [5.74, 6) is 0.356. The second kappa shape index (κ2) is 4.74. The van der Waals surface area contributed by atoms with Gasteiger partial charge in [-0.15, -0.1) is 0 Å². The normalized spacial score (nSPS) is 12.6. The van der Waals surface area contributed by atoms with Crippen LogP contribution in [0.1, 0.15) is 36.2 Å². The van der Waals surface area contributed by atoms with E-state index in [0.717, 1.165) is 22.0 Å². The smallest absolute Gasteiger partial charge is 0.165 e. The van der Waals surface area contributed by atoms with Gasteiger partial charge < -0.3 is 0 Å². The van der Waals surface area contributed by atoms with Crippen LogP contribution in [0.2, 0.25) is 0 Å². The third-order valence-corrected chi connectivity index (χ3v) is 3.02. The molecular formula is C12H15BrO. The summed E-state index contributed by atoms with van der Waals surface area (Å²) in [4.78, 5) is 11.9. The lowest BCUT2D eigenvalue weighted by atomic mass is 9.94. The first kappa shape index (κ1) is 11.4. The predicted octanol–water partition coefficient (Wildman–Crippen LogP) is 3.99. The molecule has 0 amide bonds. The van der Waals surface area contributed by atoms with Gasteiger partial charge in [0.1, 0.15) is 0 Å². The Balaban J connectivity index is 3.06. The van der Waals surface area contributed by atoms with E-state index in [9.17, 15) is 4.79 Å². The molecule has 0 aliphatic heterocycles. The van der Waals surface area contributed by atoms with Crippen LogP contribution < -0.4 is 0 Å². The van der Waals surface area contributed by atoms with Gasteiger partial charge in [0.15, 0.2) is 5.78 Å². The monoisotopic (exact) mass is 254 g/mol. The van der Waals surface area contributed by atoms with Gasteiger partial charge in [-0.05, 0) is 31.0 Å². The highest BCUT2D eigenvalue weighted by atomic mass is 79.9. The third-order valence-electron chi connectivity index (χ3n) is 2.53. The Labute approximate surface area is 93.7 Å². The molecule has 76 valence electrons. The summed E-state index contributed by atoms with van der Waals surface area (Å²) in [7, 11) is 0. The summed E-state index contributed by atoms with van der Waals surface area (Å²) < 4.78 is 0.967. The van der Waals surface area contributed by atoms with Crippen molar-refractivity contribution in [3.05, 3.63) is 33.8 Å². The van der Waals surface area contributed by atoms with E-state index in [-0.39, 0.29) is 11.7 Å². The quantitative estimate of drug-likeness (QED) is 0.746. The molecule has 1 aromatic rings. The van der Waals surface area contributed by atoms with Crippen molar-refractivity contribution in [1.29, 1.82) is 0 Å². The van der Waals surface area contributed by atoms with Gasteiger partial charge in [0.25, 0.3) is 0 Å². The number of rotatable bonds is 3. The lowest BCUT2D eigenvalue weighted by Crippen LogP contribution is -2.11. The van der Waals surface area contributed by atoms with Crippen LogP contribution in [-0.2, 0) is 0 Å². The molecule has 1 atom stereocenters. The highest BCUT2D eigenvalue weighted by molar-refractivity contribution is 9.10. The van der Waals surface area contributed by atoms with Crippen molar-refractivity contribution >= 4 is 21.7 Å². The summed E-state index contributed by atoms with van der Waals surface area (Å²) >= 11 is 3.38. The van der Waals surface area contributed by atoms with Crippen molar-refractivity contribution < 1.29 is 4.79 Å². The highest BCUT2D eigenvalue weighted by Crippen LogP contribution is 2.20. The number of carbonyl (C=O) groups excluding carboxylic acids is 1. The fourth-order valence-electron chi connectivity index (χ4n) is 1.31. The Morgan fingerprint density at radius 3 is 2.71 bits per heavy atom. The fraction of sp³-hybridized carbons (Fsp3) is 0.417. The molecule has 0 saturated heterocycles. The van der Waals surface area contributed by atoms with Crippen molar-refractivity contribution in [2.24, 2.45) is 5.92 Å². The number of ketones is 1. The standard InChI is InChI=1S/C12H15BrO/c1-4-8(2)12(14)11-7-10(13)6-5-9(11)3/h5-8H,4H2,1-3H3. The van der Waals surface area contributed by atoms with Gasteiger partial charge in [-0.1, -0.05) is 35.8 Å². The minimum Gasteiger partial charge on any atom is -0.294 e. The molecule has 0 N–H and O–H groups in total. The first-order chi connectivity index (χ1) is 6.56. The number of aryl methyl sites for hydroxylation is 1. The van der Waals surface area contributed by atoms with Gasteiger partial charge in [0.05, 0.1) is 0 Å². The van der Waals surface area contributed by atoms with E-state index in [1.54, 1.807) is 0 Å². The largest absolute Gasteiger partial charge is 0.294 e. The fourth-order valence-corrected chi connectivity index (χ4v) is 1.67. The maximum Gasteiger partial charge on any atom is 0.165 e. The first-order valence-electron chi connectivity index (χ1n) is 4.86. The average molecular weight is 255 g/mol. The van der Waals surface area contributed by atoms with Crippen LogP contribution in [0.3, 0.4) is 0 Å². The maximum atomic E-state index is 11.9. The Kier molecular flexibility index (Phi) is 3.87. The van der Waals surface area contributed by atoms with Crippen LogP contribution in [0, 0.1) is 12.8 Å². The number of halogens is 1. The molecule has 0 heterocycles. The van der Waals surface area contributed by atoms with Crippen LogP contribution in [0.25, 0.3) is 0 Å². The molecule has 0 aliphatic rings. The van der Waals surface area contributed by atoms with Gasteiger partial charge in [-0.3, -0.25) is 4.79 Å². The molecule has 0 fully saturated rings. The van der Waals surface area contributed by atoms with E-state index in [0.29, 0.717) is 0 Å². The van der Waals surface area contributed by atoms with Crippen LogP contribution in [-0.4, -0.2) is 5.78 Å². The zero-order valence-corrected chi connectivity index (χ0v) is 10.4. The molecule has 14 heavy (non-hydrogen) atoms. The summed E-state index contributed by atoms with van der Waals surface area (Å²) in [6, 6.07) is 5.84. The molecule has 1 rings (SSSR count). The second-order valence-electron chi connectivity index (χ2n) is 3.63. The maximum absolute atomic E-state index is 11.9. The van der Waals surface area contributed by atoms with Gasteiger partial charge in [-0.2, -0.15) is 0 Å². The lowest BCUT2D eigenvalue weighted by molar-refractivity contribution is 0.0926. The second-order valence-corrected chi connectivity index (χ2v) is 4.55. The van der Waals surface area contributed by atoms with Crippen LogP contribution >= 0.6 is 15.9 Å². The van der Waals surface area contributed by atoms with Gasteiger partial charge in [0, 0.05) is 16.0 Å². The summed E-state index contributed by atoms with van der Waals surface area (Å²) in [5.41, 5.74) is 1.90. The van der Waals surface area contributed by atoms with E-state index >= 15 is 0 Å². The number of Topliss-reactive ketones (excluding diaryl/α,β-unsaturated/α-hetero) is 1. The van der Waals surface area contributed by atoms with E-state index < -0.39 is 0 Å². The minimum atomic E-state index is 0.114. The topological polar surface area (TPSA) is 17.1 Å². The Bertz CT molecular complexity index is 344. The van der Waals surface area contributed by atoms with Crippen LogP contribution in [0.15, 0.2) is 22.7 Å². The van der Waals surface area contributed by atoms with Gasteiger partial charge in [0.2, 0.25) is 0 Å². The number of carbonyl (C=O) groups is 1. The molecule has 0 saturated carbocycles. The highest BCUT2D eigenvalue weighted by Gasteiger charge is 2.15. The molecule has 1 unspecified atom stereocenters. The number of hydrogen-bond donors (Lipinski definition) is 0. The Morgan fingerprint density at radius 1 is 1.50 bits per heavy atom. The molecule has 0 bridgehead atoms. The van der Waals surface area contributed by atoms with E-state index in [2.05, 4.69) is 15.9 Å². The van der Waals surface area contributed by atoms with Crippen molar-refractivity contribution in [2.75, 3.05) is 0 Å². The molecular weight excluding hydrogens is 240 g/mol. The zero-order valence-electron chi connectivity index (χ0n) is 8.80. The van der Waals surface area contributed by atoms with Gasteiger partial charge in [-0.25, -0.2) is 0 Å². The van der Waals surface area contributed by atoms with E-state index in [1.807, 2.05) is 39.0 Å². The van der Waals surface area contributed by atoms with Crippen LogP contribution in [0.5, 0.6) is 0 Å². The molecule has 0 radical (unpaired) electrons. The Hall–Kier alpha value is -0.630. The minimum absolute atomic E-state index is 0.114. The molecule has 0 aliphatic carbocycles. The van der Waals surface area contributed by atoms with Crippen LogP contribution in [0.4, 0.5) is 0 Å². The van der Waals surface area contributed by atoms with Crippen molar-refractivity contribution in [1.82, 2.24) is 0 Å². The van der Waals surface area contributed by atoms with E-state index in [1.165, 1.54) is 0 Å². The number of hydrogen-bond acceptors (Lipinski definition) is 1. The lowest BCUT2D eigenvalue weighted by Gasteiger charge is -2.10. The predicted molar refractivity (Wildman–Crippen MR) is 62.7 cm³/mol. The summed E-state index contributed by atoms with van der Waals surface area (Å²) in [6.45, 7) is 5.99. The molecule has 1 aromatic carbocycles. The van der Waals surface area contributed by atoms with Gasteiger partial charge >= 0.3 is 0 Å². The average Bonchev–Trinajstić information content (AvgIpc) is 2.19. The van der Waals surface area contributed by atoms with E-state index in [4.69, 9.17) is 0 Å². The summed E-state index contributed by atoms with van der Waals surface area (Å²) in [5, 5.41) is 0. The summed E-state index contributed by atoms with van der Waals surface area (Å²) in [6.07, 6.45) is 0.894. The zero-order chi connectivity index (χ0) is 10.7. The Morgan fingerprint density at radius 2 is 2.14 bits per heavy atom. The molecule has 1 nitrogen and oxygen atoms in total.